The Balaban J connectivity index is 1.27. The number of amides is 2. The Morgan fingerprint density at radius 1 is 1.10 bits per heavy atom. The molecule has 3 N–H and O–H groups in total. The molecule has 2 fully saturated rings. The molecule has 0 spiro atoms. The van der Waals surface area contributed by atoms with Crippen molar-refractivity contribution in [1.82, 2.24) is 25.5 Å². The average molecular weight is 418 g/mol. The maximum Gasteiger partial charge on any atom is 0.315 e. The molecule has 2 amide bonds. The molecule has 1 saturated carbocycles. The average Bonchev–Trinajstić information content (AvgIpc) is 2.71. The number of carbonyl (C=O) groups is 1. The Hall–Kier alpha value is -2.12. The molecule has 2 aliphatic rings. The van der Waals surface area contributed by atoms with Gasteiger partial charge in [0.2, 0.25) is 0 Å². The predicted molar refractivity (Wildman–Crippen MR) is 114 cm³/mol. The van der Waals surface area contributed by atoms with Crippen molar-refractivity contribution in [1.29, 1.82) is 0 Å². The molecule has 7 nitrogen and oxygen atoms in total. The van der Waals surface area contributed by atoms with Crippen molar-refractivity contribution in [2.45, 2.75) is 63.6 Å². The molecule has 4 rings (SSSR count). The summed E-state index contributed by atoms with van der Waals surface area (Å²) in [6.07, 6.45) is 7.67. The number of benzene rings is 1. The van der Waals surface area contributed by atoms with Crippen LogP contribution in [-0.4, -0.2) is 46.1 Å². The van der Waals surface area contributed by atoms with Crippen LogP contribution in [0.25, 0.3) is 10.9 Å². The van der Waals surface area contributed by atoms with Crippen molar-refractivity contribution in [3.8, 4) is 0 Å². The number of likely N-dealkylation sites (tertiary alicyclic amines) is 1. The van der Waals surface area contributed by atoms with Crippen LogP contribution in [0.4, 0.5) is 4.79 Å². The minimum absolute atomic E-state index is 0.0328. The third kappa shape index (κ3) is 5.28. The lowest BCUT2D eigenvalue weighted by Gasteiger charge is -2.32. The van der Waals surface area contributed by atoms with Gasteiger partial charge in [0.15, 0.2) is 0 Å². The van der Waals surface area contributed by atoms with Gasteiger partial charge in [0, 0.05) is 30.2 Å². The first-order chi connectivity index (χ1) is 14.1. The number of nitrogens with zero attached hydrogens (tertiary/aromatic N) is 2. The highest BCUT2D eigenvalue weighted by molar-refractivity contribution is 6.31. The fourth-order valence-corrected chi connectivity index (χ4v) is 4.51. The van der Waals surface area contributed by atoms with Gasteiger partial charge in [-0.25, -0.2) is 9.78 Å². The zero-order valence-electron chi connectivity index (χ0n) is 16.5. The minimum Gasteiger partial charge on any atom is -0.335 e. The highest BCUT2D eigenvalue weighted by Crippen LogP contribution is 2.18. The van der Waals surface area contributed by atoms with E-state index in [9.17, 15) is 9.59 Å². The summed E-state index contributed by atoms with van der Waals surface area (Å²) in [5.41, 5.74) is 0.493. The van der Waals surface area contributed by atoms with Gasteiger partial charge in [0.05, 0.1) is 17.4 Å². The lowest BCUT2D eigenvalue weighted by molar-refractivity contribution is 0.181. The summed E-state index contributed by atoms with van der Waals surface area (Å²) < 4.78 is 0. The van der Waals surface area contributed by atoms with Crippen LogP contribution in [0.15, 0.2) is 23.0 Å². The predicted octanol–water partition coefficient (Wildman–Crippen LogP) is 3.17. The first-order valence-electron chi connectivity index (χ1n) is 10.5. The molecule has 156 valence electrons. The van der Waals surface area contributed by atoms with Crippen molar-refractivity contribution in [3.63, 3.8) is 0 Å². The largest absolute Gasteiger partial charge is 0.335 e. The van der Waals surface area contributed by atoms with E-state index in [0.29, 0.717) is 34.3 Å². The van der Waals surface area contributed by atoms with Crippen molar-refractivity contribution in [2.24, 2.45) is 0 Å². The number of rotatable bonds is 4. The lowest BCUT2D eigenvalue weighted by Crippen LogP contribution is -2.50. The molecule has 29 heavy (non-hydrogen) atoms. The molecular weight excluding hydrogens is 390 g/mol. The van der Waals surface area contributed by atoms with E-state index in [-0.39, 0.29) is 17.6 Å². The second-order valence-electron chi connectivity index (χ2n) is 8.18. The van der Waals surface area contributed by atoms with Gasteiger partial charge < -0.3 is 15.6 Å². The Kier molecular flexibility index (Phi) is 6.35. The van der Waals surface area contributed by atoms with E-state index < -0.39 is 0 Å². The first-order valence-corrected chi connectivity index (χ1v) is 10.9. The van der Waals surface area contributed by atoms with Gasteiger partial charge in [-0.3, -0.25) is 9.69 Å². The molecule has 1 saturated heterocycles. The molecule has 1 aliphatic heterocycles. The molecule has 2 aromatic rings. The molecular formula is C21H28ClN5O2. The first kappa shape index (κ1) is 20.2. The van der Waals surface area contributed by atoms with Crippen LogP contribution in [0.2, 0.25) is 5.02 Å². The summed E-state index contributed by atoms with van der Waals surface area (Å²) in [5.74, 6) is 0.659. The normalized spacial score (nSPS) is 19.3. The molecule has 1 aromatic heterocycles. The lowest BCUT2D eigenvalue weighted by atomic mass is 9.96. The van der Waals surface area contributed by atoms with Crippen molar-refractivity contribution < 1.29 is 4.79 Å². The highest BCUT2D eigenvalue weighted by atomic mass is 35.5. The Morgan fingerprint density at radius 2 is 1.79 bits per heavy atom. The highest BCUT2D eigenvalue weighted by Gasteiger charge is 2.23. The van der Waals surface area contributed by atoms with Crippen LogP contribution in [0.5, 0.6) is 0 Å². The molecule has 0 bridgehead atoms. The standard InChI is InChI=1S/C21H28ClN5O2/c22-14-6-7-18-17(12-14)20(28)26-19(25-18)13-27-10-8-16(9-11-27)24-21(29)23-15-4-2-1-3-5-15/h6-7,12,15-16H,1-5,8-11,13H2,(H2,23,24,29)(H,25,26,28). The van der Waals surface area contributed by atoms with Crippen LogP contribution in [0.1, 0.15) is 50.8 Å². The number of fused-ring (bicyclic) bond motifs is 1. The number of piperidine rings is 1. The van der Waals surface area contributed by atoms with E-state index in [2.05, 4.69) is 25.5 Å². The number of halogens is 1. The number of aromatic amines is 1. The molecule has 2 heterocycles. The van der Waals surface area contributed by atoms with Crippen LogP contribution in [0.3, 0.4) is 0 Å². The maximum atomic E-state index is 12.3. The summed E-state index contributed by atoms with van der Waals surface area (Å²) in [5, 5.41) is 7.28. The van der Waals surface area contributed by atoms with E-state index in [1.165, 1.54) is 19.3 Å². The van der Waals surface area contributed by atoms with Gasteiger partial charge in [-0.05, 0) is 43.9 Å². The molecule has 8 heteroatoms. The number of carbonyl (C=O) groups excluding carboxylic acids is 1. The van der Waals surface area contributed by atoms with Gasteiger partial charge in [-0.15, -0.1) is 0 Å². The Labute approximate surface area is 175 Å². The summed E-state index contributed by atoms with van der Waals surface area (Å²) in [6.45, 7) is 2.31. The van der Waals surface area contributed by atoms with Gasteiger partial charge >= 0.3 is 6.03 Å². The Bertz CT molecular complexity index is 917. The quantitative estimate of drug-likeness (QED) is 0.712. The second-order valence-corrected chi connectivity index (χ2v) is 8.61. The van der Waals surface area contributed by atoms with E-state index in [1.54, 1.807) is 18.2 Å². The number of hydrogen-bond acceptors (Lipinski definition) is 4. The van der Waals surface area contributed by atoms with Gasteiger partial charge in [-0.2, -0.15) is 0 Å². The van der Waals surface area contributed by atoms with Crippen LogP contribution in [-0.2, 0) is 6.54 Å². The summed E-state index contributed by atoms with van der Waals surface area (Å²) in [7, 11) is 0. The SMILES string of the molecule is O=C(NC1CCCCC1)NC1CCN(Cc2nc3ccc(Cl)cc3c(=O)[nH]2)CC1. The molecule has 1 aliphatic carbocycles. The number of urea groups is 1. The van der Waals surface area contributed by atoms with E-state index in [4.69, 9.17) is 11.6 Å². The van der Waals surface area contributed by atoms with Gasteiger partial charge in [0.25, 0.3) is 5.56 Å². The number of nitrogens with one attached hydrogen (secondary N) is 3. The number of aromatic nitrogens is 2. The van der Waals surface area contributed by atoms with Gasteiger partial charge in [-0.1, -0.05) is 30.9 Å². The molecule has 1 aromatic carbocycles. The zero-order valence-corrected chi connectivity index (χ0v) is 17.3. The van der Waals surface area contributed by atoms with E-state index in [1.807, 2.05) is 0 Å². The van der Waals surface area contributed by atoms with Crippen molar-refractivity contribution in [3.05, 3.63) is 39.4 Å². The molecule has 0 atom stereocenters. The van der Waals surface area contributed by atoms with E-state index >= 15 is 0 Å². The van der Waals surface area contributed by atoms with Crippen molar-refractivity contribution >= 4 is 28.5 Å². The molecule has 0 radical (unpaired) electrons. The fourth-order valence-electron chi connectivity index (χ4n) is 4.34. The fraction of sp³-hybridized carbons (Fsp3) is 0.571. The van der Waals surface area contributed by atoms with Crippen molar-refractivity contribution in [2.75, 3.05) is 13.1 Å². The number of H-pyrrole nitrogens is 1. The number of hydrogen-bond donors (Lipinski definition) is 3. The van der Waals surface area contributed by atoms with E-state index in [0.717, 1.165) is 38.8 Å². The van der Waals surface area contributed by atoms with Crippen LogP contribution in [0, 0.1) is 0 Å². The summed E-state index contributed by atoms with van der Waals surface area (Å²) in [4.78, 5) is 34.2. The van der Waals surface area contributed by atoms with Crippen LogP contribution >= 0.6 is 11.6 Å². The topological polar surface area (TPSA) is 90.1 Å². The van der Waals surface area contributed by atoms with Gasteiger partial charge in [0.1, 0.15) is 5.82 Å². The molecule has 0 unspecified atom stereocenters. The second kappa shape index (κ2) is 9.13. The summed E-state index contributed by atoms with van der Waals surface area (Å²) >= 11 is 5.97. The van der Waals surface area contributed by atoms with Crippen LogP contribution < -0.4 is 16.2 Å². The third-order valence-electron chi connectivity index (χ3n) is 5.95. The summed E-state index contributed by atoms with van der Waals surface area (Å²) in [6, 6.07) is 5.65. The smallest absolute Gasteiger partial charge is 0.315 e. The monoisotopic (exact) mass is 417 g/mol. The maximum absolute atomic E-state index is 12.3. The minimum atomic E-state index is -0.163. The Morgan fingerprint density at radius 3 is 2.52 bits per heavy atom. The zero-order chi connectivity index (χ0) is 20.2. The third-order valence-corrected chi connectivity index (χ3v) is 6.19.